The fraction of sp³-hybridized carbons (Fsp3) is 1.00. The first-order chi connectivity index (χ1) is 13.5. The Bertz CT molecular complexity index is 367. The van der Waals surface area contributed by atoms with E-state index in [-0.39, 0.29) is 0 Å². The molecular weight excluding hydrogens is 358 g/mol. The third-order valence-electron chi connectivity index (χ3n) is 5.78. The minimum absolute atomic E-state index is 0.499. The van der Waals surface area contributed by atoms with Crippen LogP contribution in [-0.2, 0) is 9.47 Å². The SMILES string of the molecule is CCCCCCCCCCCCOC1OC(CN(CC)CC)C(O)C(O)C1O. The van der Waals surface area contributed by atoms with Crippen LogP contribution in [0, 0.1) is 0 Å². The molecule has 0 bridgehead atoms. The van der Waals surface area contributed by atoms with Gasteiger partial charge in [0.15, 0.2) is 6.29 Å². The molecule has 0 saturated carbocycles. The summed E-state index contributed by atoms with van der Waals surface area (Å²) in [6, 6.07) is 0. The highest BCUT2D eigenvalue weighted by Gasteiger charge is 2.44. The van der Waals surface area contributed by atoms with Gasteiger partial charge in [-0.3, -0.25) is 0 Å². The van der Waals surface area contributed by atoms with Gasteiger partial charge in [0.2, 0.25) is 0 Å². The zero-order chi connectivity index (χ0) is 20.8. The molecule has 6 heteroatoms. The van der Waals surface area contributed by atoms with Crippen molar-refractivity contribution in [1.29, 1.82) is 0 Å². The molecule has 1 rings (SSSR count). The van der Waals surface area contributed by atoms with Crippen LogP contribution in [-0.4, -0.2) is 77.2 Å². The van der Waals surface area contributed by atoms with E-state index in [1.807, 2.05) is 13.8 Å². The van der Waals surface area contributed by atoms with Crippen LogP contribution in [0.2, 0.25) is 0 Å². The van der Waals surface area contributed by atoms with Gasteiger partial charge in [-0.25, -0.2) is 0 Å². The predicted octanol–water partition coefficient (Wildman–Crippen LogP) is 3.07. The average molecular weight is 404 g/mol. The number of aliphatic hydroxyl groups excluding tert-OH is 3. The molecular formula is C22H45NO5. The average Bonchev–Trinajstić information content (AvgIpc) is 2.71. The van der Waals surface area contributed by atoms with Crippen molar-refractivity contribution in [2.24, 2.45) is 0 Å². The molecule has 0 aromatic rings. The summed E-state index contributed by atoms with van der Waals surface area (Å²) in [7, 11) is 0. The topological polar surface area (TPSA) is 82.4 Å². The molecule has 168 valence electrons. The maximum atomic E-state index is 10.2. The zero-order valence-electron chi connectivity index (χ0n) is 18.4. The van der Waals surface area contributed by atoms with E-state index in [1.165, 1.54) is 51.4 Å². The molecule has 28 heavy (non-hydrogen) atoms. The first kappa shape index (κ1) is 25.8. The smallest absolute Gasteiger partial charge is 0.186 e. The van der Waals surface area contributed by atoms with E-state index in [2.05, 4.69) is 11.8 Å². The molecule has 1 fully saturated rings. The van der Waals surface area contributed by atoms with Gasteiger partial charge in [0.05, 0.1) is 0 Å². The number of hydrogen-bond donors (Lipinski definition) is 3. The lowest BCUT2D eigenvalue weighted by Crippen LogP contribution is -2.60. The van der Waals surface area contributed by atoms with Crippen LogP contribution in [0.5, 0.6) is 0 Å². The number of ether oxygens (including phenoxy) is 2. The second kappa shape index (κ2) is 15.6. The molecule has 0 amide bonds. The minimum atomic E-state index is -1.24. The highest BCUT2D eigenvalue weighted by molar-refractivity contribution is 4.90. The van der Waals surface area contributed by atoms with Gasteiger partial charge in [-0.2, -0.15) is 0 Å². The van der Waals surface area contributed by atoms with Crippen molar-refractivity contribution in [2.75, 3.05) is 26.2 Å². The van der Waals surface area contributed by atoms with Crippen molar-refractivity contribution in [3.8, 4) is 0 Å². The zero-order valence-corrected chi connectivity index (χ0v) is 18.4. The van der Waals surface area contributed by atoms with E-state index < -0.39 is 30.7 Å². The van der Waals surface area contributed by atoms with Crippen LogP contribution in [0.15, 0.2) is 0 Å². The summed E-state index contributed by atoms with van der Waals surface area (Å²) in [5.41, 5.74) is 0. The Kier molecular flexibility index (Phi) is 14.4. The maximum Gasteiger partial charge on any atom is 0.186 e. The Morgan fingerprint density at radius 3 is 1.79 bits per heavy atom. The van der Waals surface area contributed by atoms with Gasteiger partial charge in [0.25, 0.3) is 0 Å². The van der Waals surface area contributed by atoms with Crippen LogP contribution in [0.4, 0.5) is 0 Å². The summed E-state index contributed by atoms with van der Waals surface area (Å²) in [6.45, 7) is 9.02. The third kappa shape index (κ3) is 9.51. The van der Waals surface area contributed by atoms with Crippen molar-refractivity contribution in [3.63, 3.8) is 0 Å². The summed E-state index contributed by atoms with van der Waals surface area (Å²) in [4.78, 5) is 2.12. The minimum Gasteiger partial charge on any atom is -0.388 e. The number of aliphatic hydroxyl groups is 3. The van der Waals surface area contributed by atoms with E-state index in [1.54, 1.807) is 0 Å². The third-order valence-corrected chi connectivity index (χ3v) is 5.78. The monoisotopic (exact) mass is 403 g/mol. The van der Waals surface area contributed by atoms with Gasteiger partial charge < -0.3 is 29.7 Å². The molecule has 0 radical (unpaired) electrons. The largest absolute Gasteiger partial charge is 0.388 e. The van der Waals surface area contributed by atoms with Crippen molar-refractivity contribution >= 4 is 0 Å². The Hall–Kier alpha value is -0.240. The summed E-state index contributed by atoms with van der Waals surface area (Å²) in [6.07, 6.45) is 7.52. The molecule has 5 atom stereocenters. The fourth-order valence-electron chi connectivity index (χ4n) is 3.73. The Morgan fingerprint density at radius 2 is 1.25 bits per heavy atom. The Labute approximate surface area is 172 Å². The molecule has 5 unspecified atom stereocenters. The van der Waals surface area contributed by atoms with Crippen LogP contribution in [0.1, 0.15) is 85.0 Å². The van der Waals surface area contributed by atoms with E-state index in [9.17, 15) is 15.3 Å². The van der Waals surface area contributed by atoms with Crippen LogP contribution >= 0.6 is 0 Å². The van der Waals surface area contributed by atoms with Crippen LogP contribution < -0.4 is 0 Å². The number of likely N-dealkylation sites (N-methyl/N-ethyl adjacent to an activating group) is 1. The van der Waals surface area contributed by atoms with Crippen molar-refractivity contribution in [2.45, 2.75) is 116 Å². The molecule has 1 saturated heterocycles. The van der Waals surface area contributed by atoms with Crippen molar-refractivity contribution < 1.29 is 24.8 Å². The van der Waals surface area contributed by atoms with E-state index in [0.717, 1.165) is 25.9 Å². The fourth-order valence-corrected chi connectivity index (χ4v) is 3.73. The van der Waals surface area contributed by atoms with Gasteiger partial charge in [-0.1, -0.05) is 78.6 Å². The lowest BCUT2D eigenvalue weighted by molar-refractivity contribution is -0.298. The van der Waals surface area contributed by atoms with E-state index in [0.29, 0.717) is 13.2 Å². The van der Waals surface area contributed by atoms with E-state index >= 15 is 0 Å². The Balaban J connectivity index is 2.20. The number of nitrogens with zero attached hydrogens (tertiary/aromatic N) is 1. The standard InChI is InChI=1S/C22H45NO5/c1-4-7-8-9-10-11-12-13-14-15-16-27-22-21(26)20(25)19(24)18(28-22)17-23(5-2)6-3/h18-22,24-26H,4-17H2,1-3H3. The van der Waals surface area contributed by atoms with Crippen molar-refractivity contribution in [3.05, 3.63) is 0 Å². The molecule has 6 nitrogen and oxygen atoms in total. The molecule has 1 aliphatic rings. The van der Waals surface area contributed by atoms with Crippen LogP contribution in [0.25, 0.3) is 0 Å². The summed E-state index contributed by atoms with van der Waals surface area (Å²) in [5, 5.41) is 30.5. The highest BCUT2D eigenvalue weighted by Crippen LogP contribution is 2.23. The number of unbranched alkanes of at least 4 members (excludes halogenated alkanes) is 9. The second-order valence-corrected chi connectivity index (χ2v) is 8.05. The van der Waals surface area contributed by atoms with Gasteiger partial charge in [0, 0.05) is 13.2 Å². The van der Waals surface area contributed by atoms with Gasteiger partial charge in [-0.15, -0.1) is 0 Å². The lowest BCUT2D eigenvalue weighted by atomic mass is 9.98. The molecule has 0 aromatic carbocycles. The van der Waals surface area contributed by atoms with Crippen LogP contribution in [0.3, 0.4) is 0 Å². The van der Waals surface area contributed by atoms with E-state index in [4.69, 9.17) is 9.47 Å². The van der Waals surface area contributed by atoms with Gasteiger partial charge in [0.1, 0.15) is 24.4 Å². The quantitative estimate of drug-likeness (QED) is 0.344. The lowest BCUT2D eigenvalue weighted by Gasteiger charge is -2.41. The molecule has 1 heterocycles. The predicted molar refractivity (Wildman–Crippen MR) is 112 cm³/mol. The summed E-state index contributed by atoms with van der Waals surface area (Å²) < 4.78 is 11.5. The van der Waals surface area contributed by atoms with Gasteiger partial charge >= 0.3 is 0 Å². The molecule has 1 aliphatic heterocycles. The highest BCUT2D eigenvalue weighted by atomic mass is 16.7. The molecule has 0 aromatic heterocycles. The maximum absolute atomic E-state index is 10.2. The van der Waals surface area contributed by atoms with Gasteiger partial charge in [-0.05, 0) is 19.5 Å². The Morgan fingerprint density at radius 1 is 0.714 bits per heavy atom. The first-order valence-electron chi connectivity index (χ1n) is 11.6. The summed E-state index contributed by atoms with van der Waals surface area (Å²) >= 11 is 0. The number of rotatable bonds is 16. The molecule has 3 N–H and O–H groups in total. The molecule has 0 aliphatic carbocycles. The normalized spacial score (nSPS) is 28.2. The molecule has 0 spiro atoms. The number of hydrogen-bond acceptors (Lipinski definition) is 6. The second-order valence-electron chi connectivity index (χ2n) is 8.05. The van der Waals surface area contributed by atoms with Crippen molar-refractivity contribution in [1.82, 2.24) is 4.90 Å². The first-order valence-corrected chi connectivity index (χ1v) is 11.6. The summed E-state index contributed by atoms with van der Waals surface area (Å²) in [5.74, 6) is 0.